The van der Waals surface area contributed by atoms with Gasteiger partial charge in [-0.3, -0.25) is 32.7 Å². The maximum Gasteiger partial charge on any atom is 0.475 e. The van der Waals surface area contributed by atoms with Gasteiger partial charge in [0.1, 0.15) is 18.3 Å². The Hall–Kier alpha value is -2.26. The molecule has 12 nitrogen and oxygen atoms in total. The molecule has 4 rings (SSSR count). The maximum absolute atomic E-state index is 13.0. The number of hydrogen-bond donors (Lipinski definition) is 2. The van der Waals surface area contributed by atoms with E-state index in [-0.39, 0.29) is 31.7 Å². The van der Waals surface area contributed by atoms with Crippen LogP contribution in [0, 0.1) is 12.3 Å². The molecule has 3 fully saturated rings. The summed E-state index contributed by atoms with van der Waals surface area (Å²) in [6.07, 6.45) is 8.03. The molecule has 0 unspecified atom stereocenters. The Balaban J connectivity index is 1.32. The Morgan fingerprint density at radius 1 is 1.35 bits per heavy atom. The predicted molar refractivity (Wildman–Crippen MR) is 116 cm³/mol. The molecule has 1 aromatic rings. The largest absolute Gasteiger partial charge is 0.475 e. The van der Waals surface area contributed by atoms with Crippen LogP contribution in [0.25, 0.3) is 0 Å². The number of carbonyl (C=O) groups is 1. The van der Waals surface area contributed by atoms with Crippen LogP contribution in [0.15, 0.2) is 21.9 Å². The third-order valence-electron chi connectivity index (χ3n) is 6.05. The quantitative estimate of drug-likeness (QED) is 0.229. The first-order valence-electron chi connectivity index (χ1n) is 11.2. The number of aliphatic hydroxyl groups is 1. The van der Waals surface area contributed by atoms with E-state index >= 15 is 0 Å². The van der Waals surface area contributed by atoms with E-state index in [0.29, 0.717) is 12.8 Å². The highest BCUT2D eigenvalue weighted by Gasteiger charge is 2.62. The van der Waals surface area contributed by atoms with Gasteiger partial charge in [-0.25, -0.2) is 9.36 Å². The van der Waals surface area contributed by atoms with Gasteiger partial charge in [-0.1, -0.05) is 5.92 Å². The molecule has 5 atom stereocenters. The molecular weight excluding hydrogens is 471 g/mol. The molecule has 0 amide bonds. The van der Waals surface area contributed by atoms with Crippen LogP contribution in [0.4, 0.5) is 0 Å². The molecule has 0 radical (unpaired) electrons. The highest BCUT2D eigenvalue weighted by molar-refractivity contribution is 7.48. The number of rotatable bonds is 8. The molecule has 2 N–H and O–H groups in total. The van der Waals surface area contributed by atoms with Crippen LogP contribution in [0.5, 0.6) is 0 Å². The van der Waals surface area contributed by atoms with Crippen LogP contribution in [0.1, 0.15) is 51.2 Å². The van der Waals surface area contributed by atoms with Crippen molar-refractivity contribution in [2.24, 2.45) is 0 Å². The summed E-state index contributed by atoms with van der Waals surface area (Å²) in [5, 5.41) is 11.1. The van der Waals surface area contributed by atoms with Crippen molar-refractivity contribution in [3.05, 3.63) is 33.1 Å². The fourth-order valence-electron chi connectivity index (χ4n) is 4.28. The zero-order valence-electron chi connectivity index (χ0n) is 18.4. The lowest BCUT2D eigenvalue weighted by atomic mass is 9.95. The lowest BCUT2D eigenvalue weighted by Gasteiger charge is -2.34. The fraction of sp³-hybridized carbons (Fsp3) is 0.667. The van der Waals surface area contributed by atoms with Crippen LogP contribution in [-0.2, 0) is 32.4 Å². The second-order valence-corrected chi connectivity index (χ2v) is 10.1. The Labute approximate surface area is 195 Å². The van der Waals surface area contributed by atoms with E-state index in [9.17, 15) is 24.1 Å². The summed E-state index contributed by atoms with van der Waals surface area (Å²) >= 11 is 0. The zero-order valence-corrected chi connectivity index (χ0v) is 19.3. The first-order chi connectivity index (χ1) is 16.2. The summed E-state index contributed by atoms with van der Waals surface area (Å²) in [6, 6.07) is 1.07. The van der Waals surface area contributed by atoms with Crippen molar-refractivity contribution in [1.82, 2.24) is 9.55 Å². The first-order valence-corrected chi connectivity index (χ1v) is 12.6. The molecule has 0 bridgehead atoms. The van der Waals surface area contributed by atoms with Crippen molar-refractivity contribution in [3.63, 3.8) is 0 Å². The average molecular weight is 498 g/mol. The minimum atomic E-state index is -4.10. The smallest absolute Gasteiger partial charge is 0.462 e. The second-order valence-electron chi connectivity index (χ2n) is 8.47. The molecule has 34 heavy (non-hydrogen) atoms. The minimum Gasteiger partial charge on any atom is -0.462 e. The summed E-state index contributed by atoms with van der Waals surface area (Å²) < 4.78 is 40.9. The van der Waals surface area contributed by atoms with E-state index in [1.165, 1.54) is 0 Å². The number of aromatic nitrogens is 2. The maximum atomic E-state index is 13.0. The number of terminal acetylenes is 1. The number of phosphoric ester groups is 1. The van der Waals surface area contributed by atoms with Crippen LogP contribution in [-0.4, -0.2) is 57.8 Å². The molecule has 3 heterocycles. The Morgan fingerprint density at radius 3 is 2.82 bits per heavy atom. The van der Waals surface area contributed by atoms with Crippen LogP contribution in [0.3, 0.4) is 0 Å². The Morgan fingerprint density at radius 2 is 2.12 bits per heavy atom. The number of carbonyl (C=O) groups excluding carboxylic acids is 1. The molecule has 13 heteroatoms. The number of phosphoric acid groups is 1. The average Bonchev–Trinajstić information content (AvgIpc) is 3.40. The van der Waals surface area contributed by atoms with Crippen molar-refractivity contribution >= 4 is 13.8 Å². The van der Waals surface area contributed by atoms with Crippen molar-refractivity contribution in [2.75, 3.05) is 13.2 Å². The molecule has 2 aliphatic heterocycles. The number of ether oxygens (including phenoxy) is 2. The van der Waals surface area contributed by atoms with Gasteiger partial charge < -0.3 is 14.6 Å². The number of nitrogens with one attached hydrogen (secondary N) is 1. The van der Waals surface area contributed by atoms with Crippen molar-refractivity contribution in [2.45, 2.75) is 75.1 Å². The van der Waals surface area contributed by atoms with Crippen LogP contribution in [0.2, 0.25) is 0 Å². The van der Waals surface area contributed by atoms with E-state index in [1.54, 1.807) is 0 Å². The second kappa shape index (κ2) is 10.2. The number of unbranched alkanes of at least 4 members (excludes halogenated alkanes) is 1. The van der Waals surface area contributed by atoms with Crippen molar-refractivity contribution in [3.8, 4) is 12.3 Å². The van der Waals surface area contributed by atoms with Gasteiger partial charge in [0.25, 0.3) is 5.56 Å². The number of nitrogens with zero attached hydrogens (tertiary/aromatic N) is 1. The van der Waals surface area contributed by atoms with Gasteiger partial charge in [0.05, 0.1) is 13.2 Å². The molecule has 0 aromatic carbocycles. The van der Waals surface area contributed by atoms with Crippen LogP contribution < -0.4 is 11.2 Å². The first kappa shape index (κ1) is 24.9. The Bertz CT molecular complexity index is 1100. The summed E-state index contributed by atoms with van der Waals surface area (Å²) in [5.41, 5.74) is -3.68. The topological polar surface area (TPSA) is 155 Å². The van der Waals surface area contributed by atoms with Gasteiger partial charge in [-0.15, -0.1) is 6.42 Å². The van der Waals surface area contributed by atoms with E-state index in [4.69, 9.17) is 29.5 Å². The lowest BCUT2D eigenvalue weighted by Crippen LogP contribution is -2.50. The monoisotopic (exact) mass is 498 g/mol. The molecule has 186 valence electrons. The van der Waals surface area contributed by atoms with Crippen molar-refractivity contribution < 1.29 is 37.5 Å². The summed E-state index contributed by atoms with van der Waals surface area (Å²) in [5.74, 6) is 1.89. The highest BCUT2D eigenvalue weighted by Crippen LogP contribution is 2.58. The molecule has 2 saturated heterocycles. The number of fused-ring (bicyclic) bond motifs is 1. The number of H-pyrrole nitrogens is 1. The number of hydrogen-bond acceptors (Lipinski definition) is 10. The molecule has 3 aliphatic rings. The minimum absolute atomic E-state index is 0.0101. The molecule has 1 aromatic heterocycles. The van der Waals surface area contributed by atoms with Gasteiger partial charge in [0.15, 0.2) is 11.8 Å². The van der Waals surface area contributed by atoms with Crippen molar-refractivity contribution in [1.29, 1.82) is 0 Å². The number of esters is 1. The summed E-state index contributed by atoms with van der Waals surface area (Å²) in [6.45, 7) is -0.294. The van der Waals surface area contributed by atoms with Crippen LogP contribution >= 0.6 is 7.82 Å². The highest BCUT2D eigenvalue weighted by atomic mass is 31.2. The standard InChI is InChI=1S/C21H27N2O10P/c1-2-21(27)18-15(32-19(21)23-11-10-16(24)22-20(23)26)13-30-34(28,33-18)29-12-6-5-9-17(25)31-14-7-3-4-8-14/h1,10-11,14-15,18-19,27H,3-9,12-13H2,(H,22,24,26)/t15-,18-,19-,21-,34-/m1/s1. The van der Waals surface area contributed by atoms with Gasteiger partial charge in [0.2, 0.25) is 0 Å². The van der Waals surface area contributed by atoms with Gasteiger partial charge in [-0.2, -0.15) is 0 Å². The third kappa shape index (κ3) is 5.20. The molecular formula is C21H27N2O10P. The Kier molecular flexibility index (Phi) is 7.42. The van der Waals surface area contributed by atoms with E-state index in [2.05, 4.69) is 10.9 Å². The molecule has 0 spiro atoms. The van der Waals surface area contributed by atoms with Gasteiger partial charge in [0, 0.05) is 18.7 Å². The third-order valence-corrected chi connectivity index (χ3v) is 7.50. The molecule has 1 saturated carbocycles. The summed E-state index contributed by atoms with van der Waals surface area (Å²) in [7, 11) is -4.10. The fourth-order valence-corrected chi connectivity index (χ4v) is 5.74. The van der Waals surface area contributed by atoms with Gasteiger partial charge >= 0.3 is 19.5 Å². The van der Waals surface area contributed by atoms with E-state index in [0.717, 1.165) is 42.5 Å². The lowest BCUT2D eigenvalue weighted by molar-refractivity contribution is -0.148. The normalized spacial score (nSPS) is 33.4. The van der Waals surface area contributed by atoms with E-state index in [1.807, 2.05) is 0 Å². The molecule has 1 aliphatic carbocycles. The number of aromatic amines is 1. The predicted octanol–water partition coefficient (Wildman–Crippen LogP) is 0.994. The SMILES string of the molecule is C#C[C@@]1(O)[C@@H]2O[P@](=O)(OCCCCC(=O)OC3CCCC3)OC[C@H]2O[C@H]1n1ccc(=O)[nH]c1=O. The zero-order chi connectivity index (χ0) is 24.3. The van der Waals surface area contributed by atoms with Gasteiger partial charge in [-0.05, 0) is 38.5 Å². The summed E-state index contributed by atoms with van der Waals surface area (Å²) in [4.78, 5) is 37.4. The van der Waals surface area contributed by atoms with E-state index < -0.39 is 43.1 Å².